The molecule has 2 nitrogen and oxygen atoms in total. The molecule has 3 rings (SSSR count). The van der Waals surface area contributed by atoms with Crippen molar-refractivity contribution in [2.24, 2.45) is 5.92 Å². The fraction of sp³-hybridized carbons (Fsp3) is 0.692. The topological polar surface area (TPSA) is 15.3 Å². The van der Waals surface area contributed by atoms with Gasteiger partial charge in [-0.2, -0.15) is 0 Å². The molecular formula is C13H18Br2N2S. The van der Waals surface area contributed by atoms with Crippen LogP contribution in [0.5, 0.6) is 0 Å². The zero-order valence-corrected chi connectivity index (χ0v) is 14.3. The van der Waals surface area contributed by atoms with E-state index in [-0.39, 0.29) is 0 Å². The number of halogens is 2. The van der Waals surface area contributed by atoms with Crippen LogP contribution in [0, 0.1) is 5.92 Å². The molecule has 100 valence electrons. The summed E-state index contributed by atoms with van der Waals surface area (Å²) >= 11 is 9.17. The van der Waals surface area contributed by atoms with Crippen LogP contribution in [0.15, 0.2) is 14.3 Å². The quantitative estimate of drug-likeness (QED) is 0.834. The lowest BCUT2D eigenvalue weighted by Crippen LogP contribution is -2.47. The Morgan fingerprint density at radius 3 is 2.50 bits per heavy atom. The third-order valence-electron chi connectivity index (χ3n) is 4.10. The van der Waals surface area contributed by atoms with Gasteiger partial charge in [0, 0.05) is 41.6 Å². The standard InChI is InChI=1S/C13H18Br2N2S/c14-10-8-11(18-13(10)15)12(9-2-1-3-9)17-6-4-16-5-7-17/h8-9,12,16H,1-7H2/t12-/m1/s1. The highest BCUT2D eigenvalue weighted by atomic mass is 79.9. The Bertz CT molecular complexity index is 392. The summed E-state index contributed by atoms with van der Waals surface area (Å²) in [6, 6.07) is 2.97. The number of nitrogens with one attached hydrogen (secondary N) is 1. The summed E-state index contributed by atoms with van der Waals surface area (Å²) in [4.78, 5) is 4.21. The average molecular weight is 394 g/mol. The molecule has 0 spiro atoms. The summed E-state index contributed by atoms with van der Waals surface area (Å²) in [7, 11) is 0. The minimum absolute atomic E-state index is 0.647. The highest BCUT2D eigenvalue weighted by molar-refractivity contribution is 9.13. The van der Waals surface area contributed by atoms with Crippen molar-refractivity contribution in [2.75, 3.05) is 26.2 Å². The minimum Gasteiger partial charge on any atom is -0.314 e. The molecule has 1 aromatic rings. The second kappa shape index (κ2) is 5.92. The number of piperazine rings is 1. The molecule has 2 fully saturated rings. The van der Waals surface area contributed by atoms with Gasteiger partial charge in [-0.1, -0.05) is 6.42 Å². The lowest BCUT2D eigenvalue weighted by atomic mass is 9.78. The molecule has 1 aromatic heterocycles. The van der Waals surface area contributed by atoms with Gasteiger partial charge in [0.1, 0.15) is 0 Å². The number of hydrogen-bond donors (Lipinski definition) is 1. The van der Waals surface area contributed by atoms with E-state index < -0.39 is 0 Å². The first-order valence-electron chi connectivity index (χ1n) is 6.65. The van der Waals surface area contributed by atoms with Crippen molar-refractivity contribution in [3.63, 3.8) is 0 Å². The molecule has 18 heavy (non-hydrogen) atoms. The van der Waals surface area contributed by atoms with Crippen molar-refractivity contribution in [3.05, 3.63) is 19.2 Å². The molecule has 1 aliphatic heterocycles. The molecular weight excluding hydrogens is 376 g/mol. The van der Waals surface area contributed by atoms with Crippen LogP contribution in [0.4, 0.5) is 0 Å². The van der Waals surface area contributed by atoms with Gasteiger partial charge in [0.05, 0.1) is 3.79 Å². The van der Waals surface area contributed by atoms with Gasteiger partial charge >= 0.3 is 0 Å². The maximum absolute atomic E-state index is 3.64. The van der Waals surface area contributed by atoms with Crippen molar-refractivity contribution >= 4 is 43.2 Å². The van der Waals surface area contributed by atoms with Crippen molar-refractivity contribution in [1.29, 1.82) is 0 Å². The molecule has 0 bridgehead atoms. The lowest BCUT2D eigenvalue weighted by Gasteiger charge is -2.42. The number of nitrogens with zero attached hydrogens (tertiary/aromatic N) is 1. The van der Waals surface area contributed by atoms with Crippen LogP contribution in [0.1, 0.15) is 30.2 Å². The second-order valence-corrected chi connectivity index (χ2v) is 8.45. The molecule has 2 heterocycles. The van der Waals surface area contributed by atoms with Crippen LogP contribution in [-0.4, -0.2) is 31.1 Å². The molecule has 1 saturated heterocycles. The van der Waals surface area contributed by atoms with Crippen molar-refractivity contribution < 1.29 is 0 Å². The largest absolute Gasteiger partial charge is 0.314 e. The van der Waals surface area contributed by atoms with E-state index in [1.807, 2.05) is 11.3 Å². The van der Waals surface area contributed by atoms with E-state index >= 15 is 0 Å². The number of rotatable bonds is 3. The van der Waals surface area contributed by atoms with E-state index in [4.69, 9.17) is 0 Å². The maximum Gasteiger partial charge on any atom is 0.0843 e. The summed E-state index contributed by atoms with van der Waals surface area (Å²) in [5, 5.41) is 3.46. The molecule has 0 amide bonds. The third-order valence-corrected chi connectivity index (χ3v) is 7.42. The van der Waals surface area contributed by atoms with Crippen LogP contribution >= 0.6 is 43.2 Å². The first-order valence-corrected chi connectivity index (χ1v) is 9.05. The van der Waals surface area contributed by atoms with Gasteiger partial charge in [-0.25, -0.2) is 0 Å². The lowest BCUT2D eigenvalue weighted by molar-refractivity contribution is 0.0860. The van der Waals surface area contributed by atoms with Crippen LogP contribution in [0.2, 0.25) is 0 Å². The molecule has 1 atom stereocenters. The van der Waals surface area contributed by atoms with Gasteiger partial charge < -0.3 is 5.32 Å². The Morgan fingerprint density at radius 1 is 1.28 bits per heavy atom. The molecule has 1 saturated carbocycles. The summed E-state index contributed by atoms with van der Waals surface area (Å²) in [5.74, 6) is 0.876. The fourth-order valence-corrected chi connectivity index (χ4v) is 5.25. The molecule has 0 radical (unpaired) electrons. The van der Waals surface area contributed by atoms with E-state index in [1.165, 1.54) is 45.5 Å². The first-order chi connectivity index (χ1) is 8.75. The highest BCUT2D eigenvalue weighted by Gasteiger charge is 2.34. The van der Waals surface area contributed by atoms with Crippen LogP contribution in [-0.2, 0) is 0 Å². The maximum atomic E-state index is 3.64. The van der Waals surface area contributed by atoms with Crippen LogP contribution < -0.4 is 5.32 Å². The predicted molar refractivity (Wildman–Crippen MR) is 84.2 cm³/mol. The van der Waals surface area contributed by atoms with E-state index in [1.54, 1.807) is 0 Å². The van der Waals surface area contributed by atoms with Crippen molar-refractivity contribution in [1.82, 2.24) is 10.2 Å². The zero-order chi connectivity index (χ0) is 12.5. The first kappa shape index (κ1) is 13.6. The van der Waals surface area contributed by atoms with E-state index in [0.29, 0.717) is 6.04 Å². The van der Waals surface area contributed by atoms with Gasteiger partial charge in [0.25, 0.3) is 0 Å². The van der Waals surface area contributed by atoms with Gasteiger partial charge in [0.15, 0.2) is 0 Å². The Hall–Kier alpha value is 0.580. The summed E-state index contributed by atoms with van der Waals surface area (Å²) in [6.07, 6.45) is 4.23. The Kier molecular flexibility index (Phi) is 4.46. The van der Waals surface area contributed by atoms with E-state index in [9.17, 15) is 0 Å². The fourth-order valence-electron chi connectivity index (χ4n) is 2.94. The summed E-state index contributed by atoms with van der Waals surface area (Å²) in [6.45, 7) is 4.65. The zero-order valence-electron chi connectivity index (χ0n) is 10.3. The smallest absolute Gasteiger partial charge is 0.0843 e. The Balaban J connectivity index is 1.84. The highest BCUT2D eigenvalue weighted by Crippen LogP contribution is 2.46. The van der Waals surface area contributed by atoms with Gasteiger partial charge in [0.2, 0.25) is 0 Å². The molecule has 2 aliphatic rings. The molecule has 0 unspecified atom stereocenters. The molecule has 5 heteroatoms. The van der Waals surface area contributed by atoms with Crippen LogP contribution in [0.3, 0.4) is 0 Å². The predicted octanol–water partition coefficient (Wildman–Crippen LogP) is 4.02. The third kappa shape index (κ3) is 2.70. The average Bonchev–Trinajstić information content (AvgIpc) is 2.65. The second-order valence-electron chi connectivity index (χ2n) is 5.19. The van der Waals surface area contributed by atoms with E-state index in [2.05, 4.69) is 48.1 Å². The van der Waals surface area contributed by atoms with Crippen molar-refractivity contribution in [2.45, 2.75) is 25.3 Å². The van der Waals surface area contributed by atoms with Gasteiger partial charge in [-0.3, -0.25) is 4.90 Å². The summed E-state index contributed by atoms with van der Waals surface area (Å²) in [5.41, 5.74) is 0. The molecule has 1 aliphatic carbocycles. The normalized spacial score (nSPS) is 23.9. The Morgan fingerprint density at radius 2 is 2.00 bits per heavy atom. The minimum atomic E-state index is 0.647. The monoisotopic (exact) mass is 392 g/mol. The van der Waals surface area contributed by atoms with Crippen LogP contribution in [0.25, 0.3) is 0 Å². The van der Waals surface area contributed by atoms with Gasteiger partial charge in [-0.05, 0) is 56.7 Å². The van der Waals surface area contributed by atoms with Gasteiger partial charge in [-0.15, -0.1) is 11.3 Å². The molecule has 1 N–H and O–H groups in total. The number of thiophene rings is 1. The number of hydrogen-bond acceptors (Lipinski definition) is 3. The molecule has 0 aromatic carbocycles. The van der Waals surface area contributed by atoms with Crippen molar-refractivity contribution in [3.8, 4) is 0 Å². The van der Waals surface area contributed by atoms with E-state index in [0.717, 1.165) is 19.0 Å². The SMILES string of the molecule is Brc1cc([C@@H](C2CCC2)N2CCNCC2)sc1Br. The summed E-state index contributed by atoms with van der Waals surface area (Å²) < 4.78 is 2.44. The Labute approximate surface area is 129 Å².